The molecule has 1 aromatic heterocycles. The van der Waals surface area contributed by atoms with Gasteiger partial charge in [0, 0.05) is 24.4 Å². The summed E-state index contributed by atoms with van der Waals surface area (Å²) in [6.07, 6.45) is 3.58. The van der Waals surface area contributed by atoms with Crippen LogP contribution in [0.4, 0.5) is 0 Å². The maximum atomic E-state index is 11.1. The maximum absolute atomic E-state index is 11.1. The third-order valence-electron chi connectivity index (χ3n) is 2.47. The molecule has 1 aromatic rings. The first kappa shape index (κ1) is 13.4. The van der Waals surface area contributed by atoms with Gasteiger partial charge >= 0.3 is 5.97 Å². The highest BCUT2D eigenvalue weighted by atomic mass is 16.5. The van der Waals surface area contributed by atoms with Crippen LogP contribution >= 0.6 is 0 Å². The van der Waals surface area contributed by atoms with E-state index in [0.717, 1.165) is 5.69 Å². The highest BCUT2D eigenvalue weighted by Crippen LogP contribution is 2.07. The zero-order valence-corrected chi connectivity index (χ0v) is 10.4. The minimum Gasteiger partial charge on any atom is -0.466 e. The number of nitrogens with zero attached hydrogens (tertiary/aromatic N) is 1. The van der Waals surface area contributed by atoms with Crippen molar-refractivity contribution in [3.8, 4) is 0 Å². The predicted octanol–water partition coefficient (Wildman–Crippen LogP) is 1.85. The average Bonchev–Trinajstić information content (AvgIpc) is 2.38. The van der Waals surface area contributed by atoms with Gasteiger partial charge in [-0.1, -0.05) is 12.1 Å². The maximum Gasteiger partial charge on any atom is 0.333 e. The van der Waals surface area contributed by atoms with Gasteiger partial charge in [-0.2, -0.15) is 0 Å². The van der Waals surface area contributed by atoms with Gasteiger partial charge in [-0.25, -0.2) is 4.79 Å². The molecule has 17 heavy (non-hydrogen) atoms. The van der Waals surface area contributed by atoms with Crippen molar-refractivity contribution in [1.82, 2.24) is 10.3 Å². The third kappa shape index (κ3) is 4.36. The van der Waals surface area contributed by atoms with Crippen LogP contribution in [-0.2, 0) is 9.53 Å². The monoisotopic (exact) mass is 234 g/mol. The molecule has 0 radical (unpaired) electrons. The van der Waals surface area contributed by atoms with Crippen molar-refractivity contribution < 1.29 is 9.53 Å². The lowest BCUT2D eigenvalue weighted by atomic mass is 10.2. The summed E-state index contributed by atoms with van der Waals surface area (Å²) in [6.45, 7) is 4.38. The fraction of sp³-hybridized carbons (Fsp3) is 0.385. The van der Waals surface area contributed by atoms with Gasteiger partial charge in [-0.15, -0.1) is 0 Å². The SMILES string of the molecule is COC(=O)/C(C)=C/CNC(C)c1ccccn1. The van der Waals surface area contributed by atoms with E-state index in [0.29, 0.717) is 12.1 Å². The van der Waals surface area contributed by atoms with Crippen LogP contribution in [-0.4, -0.2) is 24.6 Å². The first-order chi connectivity index (χ1) is 8.15. The van der Waals surface area contributed by atoms with E-state index < -0.39 is 0 Å². The second-order valence-corrected chi connectivity index (χ2v) is 3.76. The number of nitrogens with one attached hydrogen (secondary N) is 1. The van der Waals surface area contributed by atoms with Crippen LogP contribution in [0.3, 0.4) is 0 Å². The van der Waals surface area contributed by atoms with Crippen LogP contribution in [0.1, 0.15) is 25.6 Å². The fourth-order valence-electron chi connectivity index (χ4n) is 1.37. The molecule has 1 rings (SSSR count). The van der Waals surface area contributed by atoms with Crippen LogP contribution in [0.25, 0.3) is 0 Å². The van der Waals surface area contributed by atoms with Crippen LogP contribution in [0.5, 0.6) is 0 Å². The molecule has 0 aliphatic rings. The summed E-state index contributed by atoms with van der Waals surface area (Å²) in [7, 11) is 1.38. The van der Waals surface area contributed by atoms with E-state index in [4.69, 9.17) is 0 Å². The fourth-order valence-corrected chi connectivity index (χ4v) is 1.37. The molecule has 0 amide bonds. The zero-order chi connectivity index (χ0) is 12.7. The van der Waals surface area contributed by atoms with E-state index in [-0.39, 0.29) is 12.0 Å². The number of ether oxygens (including phenoxy) is 1. The van der Waals surface area contributed by atoms with Gasteiger partial charge in [-0.05, 0) is 26.0 Å². The van der Waals surface area contributed by atoms with Gasteiger partial charge in [0.1, 0.15) is 0 Å². The van der Waals surface area contributed by atoms with Crippen molar-refractivity contribution in [3.05, 3.63) is 41.7 Å². The molecule has 0 saturated carbocycles. The standard InChI is InChI=1S/C13H18N2O2/c1-10(13(16)17-3)7-9-14-11(2)12-6-4-5-8-15-12/h4-8,11,14H,9H2,1-3H3/b10-7+. The molecule has 1 atom stereocenters. The second kappa shape index (κ2) is 6.81. The van der Waals surface area contributed by atoms with Crippen LogP contribution in [0, 0.1) is 0 Å². The number of rotatable bonds is 5. The molecule has 0 spiro atoms. The van der Waals surface area contributed by atoms with E-state index in [2.05, 4.69) is 15.0 Å². The largest absolute Gasteiger partial charge is 0.466 e. The number of esters is 1. The quantitative estimate of drug-likeness (QED) is 0.624. The van der Waals surface area contributed by atoms with Crippen LogP contribution in [0.15, 0.2) is 36.0 Å². The Morgan fingerprint density at radius 1 is 1.59 bits per heavy atom. The Hall–Kier alpha value is -1.68. The number of methoxy groups -OCH3 is 1. The topological polar surface area (TPSA) is 51.2 Å². The Labute approximate surface area is 102 Å². The summed E-state index contributed by atoms with van der Waals surface area (Å²) in [5.41, 5.74) is 1.59. The van der Waals surface area contributed by atoms with Crippen molar-refractivity contribution in [2.24, 2.45) is 0 Å². The van der Waals surface area contributed by atoms with Crippen molar-refractivity contribution in [3.63, 3.8) is 0 Å². The molecule has 92 valence electrons. The van der Waals surface area contributed by atoms with E-state index in [1.54, 1.807) is 13.1 Å². The van der Waals surface area contributed by atoms with Crippen LogP contribution < -0.4 is 5.32 Å². The number of carbonyl (C=O) groups excluding carboxylic acids is 1. The molecule has 0 saturated heterocycles. The molecule has 0 aliphatic carbocycles. The lowest BCUT2D eigenvalue weighted by Gasteiger charge is -2.11. The number of carbonyl (C=O) groups is 1. The summed E-state index contributed by atoms with van der Waals surface area (Å²) < 4.78 is 4.61. The highest BCUT2D eigenvalue weighted by molar-refractivity contribution is 5.87. The lowest BCUT2D eigenvalue weighted by molar-refractivity contribution is -0.136. The third-order valence-corrected chi connectivity index (χ3v) is 2.47. The summed E-state index contributed by atoms with van der Waals surface area (Å²) >= 11 is 0. The van der Waals surface area contributed by atoms with Gasteiger partial charge < -0.3 is 10.1 Å². The normalized spacial score (nSPS) is 13.2. The molecule has 0 fully saturated rings. The molecule has 4 heteroatoms. The predicted molar refractivity (Wildman–Crippen MR) is 66.4 cm³/mol. The first-order valence-electron chi connectivity index (χ1n) is 5.54. The highest BCUT2D eigenvalue weighted by Gasteiger charge is 2.05. The lowest BCUT2D eigenvalue weighted by Crippen LogP contribution is -2.20. The van der Waals surface area contributed by atoms with Gasteiger partial charge in [0.2, 0.25) is 0 Å². The summed E-state index contributed by atoms with van der Waals surface area (Å²) in [6, 6.07) is 5.96. The Morgan fingerprint density at radius 3 is 2.94 bits per heavy atom. The Kier molecular flexibility index (Phi) is 5.36. The minimum atomic E-state index is -0.294. The summed E-state index contributed by atoms with van der Waals surface area (Å²) in [5, 5.41) is 3.26. The molecule has 0 aliphatic heterocycles. The Balaban J connectivity index is 2.44. The summed E-state index contributed by atoms with van der Waals surface area (Å²) in [5.74, 6) is -0.294. The van der Waals surface area contributed by atoms with Crippen LogP contribution in [0.2, 0.25) is 0 Å². The van der Waals surface area contributed by atoms with Crippen molar-refractivity contribution in [2.45, 2.75) is 19.9 Å². The number of pyridine rings is 1. The van der Waals surface area contributed by atoms with Gasteiger partial charge in [0.05, 0.1) is 12.8 Å². The Morgan fingerprint density at radius 2 is 2.35 bits per heavy atom. The van der Waals surface area contributed by atoms with E-state index in [1.807, 2.05) is 31.2 Å². The van der Waals surface area contributed by atoms with Gasteiger partial charge in [-0.3, -0.25) is 4.98 Å². The molecular weight excluding hydrogens is 216 g/mol. The second-order valence-electron chi connectivity index (χ2n) is 3.76. The van der Waals surface area contributed by atoms with Gasteiger partial charge in [0.15, 0.2) is 0 Å². The molecule has 1 unspecified atom stereocenters. The van der Waals surface area contributed by atoms with E-state index in [9.17, 15) is 4.79 Å². The van der Waals surface area contributed by atoms with Crippen molar-refractivity contribution in [2.75, 3.05) is 13.7 Å². The number of hydrogen-bond acceptors (Lipinski definition) is 4. The van der Waals surface area contributed by atoms with Crippen molar-refractivity contribution in [1.29, 1.82) is 0 Å². The van der Waals surface area contributed by atoms with Gasteiger partial charge in [0.25, 0.3) is 0 Å². The van der Waals surface area contributed by atoms with Crippen molar-refractivity contribution >= 4 is 5.97 Å². The molecular formula is C13H18N2O2. The molecule has 1 heterocycles. The smallest absolute Gasteiger partial charge is 0.333 e. The average molecular weight is 234 g/mol. The first-order valence-corrected chi connectivity index (χ1v) is 5.54. The zero-order valence-electron chi connectivity index (χ0n) is 10.4. The molecule has 0 bridgehead atoms. The molecule has 4 nitrogen and oxygen atoms in total. The number of hydrogen-bond donors (Lipinski definition) is 1. The minimum absolute atomic E-state index is 0.151. The van der Waals surface area contributed by atoms with E-state index >= 15 is 0 Å². The summed E-state index contributed by atoms with van der Waals surface area (Å²) in [4.78, 5) is 15.4. The molecule has 1 N–H and O–H groups in total. The number of aromatic nitrogens is 1. The molecule has 0 aromatic carbocycles. The Bertz CT molecular complexity index is 388. The van der Waals surface area contributed by atoms with E-state index in [1.165, 1.54) is 7.11 Å².